The molecule has 1 amide bonds. The molecule has 0 radical (unpaired) electrons. The highest BCUT2D eigenvalue weighted by Gasteiger charge is 2.41. The number of methoxy groups -OCH3 is 1. The Kier molecular flexibility index (Phi) is 13.2. The van der Waals surface area contributed by atoms with E-state index in [0.29, 0.717) is 18.5 Å². The van der Waals surface area contributed by atoms with Gasteiger partial charge in [0.1, 0.15) is 6.04 Å². The van der Waals surface area contributed by atoms with Gasteiger partial charge in [0.25, 0.3) is 5.91 Å². The third-order valence-electron chi connectivity index (χ3n) is 6.63. The lowest BCUT2D eigenvalue weighted by molar-refractivity contribution is -0.142. The lowest BCUT2D eigenvalue weighted by atomic mass is 9.66. The predicted octanol–water partition coefficient (Wildman–Crippen LogP) is 7.29. The maximum absolute atomic E-state index is 12.8. The number of esters is 1. The number of ether oxygens (including phenoxy) is 1. The number of benzene rings is 1. The van der Waals surface area contributed by atoms with Gasteiger partial charge in [0.05, 0.1) is 27.7 Å². The second-order valence-electron chi connectivity index (χ2n) is 9.03. The largest absolute Gasteiger partial charge is 0.467 e. The number of amides is 1. The molecule has 0 spiro atoms. The van der Waals surface area contributed by atoms with Gasteiger partial charge in [-0.05, 0) is 67.9 Å². The summed E-state index contributed by atoms with van der Waals surface area (Å²) >= 11 is 20.0. The molecule has 37 heavy (non-hydrogen) atoms. The van der Waals surface area contributed by atoms with E-state index in [4.69, 9.17) is 40.2 Å². The van der Waals surface area contributed by atoms with Crippen LogP contribution in [0.1, 0.15) is 62.2 Å². The first kappa shape index (κ1) is 31.4. The number of carbonyl (C=O) groups excluding carboxylic acids is 2. The van der Waals surface area contributed by atoms with Crippen molar-refractivity contribution in [2.24, 2.45) is 5.41 Å². The summed E-state index contributed by atoms with van der Waals surface area (Å²) in [5, 5.41) is 6.74. The lowest BCUT2D eigenvalue weighted by Gasteiger charge is -2.43. The van der Waals surface area contributed by atoms with Crippen molar-refractivity contribution in [1.29, 1.82) is 0 Å². The van der Waals surface area contributed by atoms with E-state index >= 15 is 0 Å². The van der Waals surface area contributed by atoms with Crippen molar-refractivity contribution in [2.75, 3.05) is 19.1 Å². The third-order valence-corrected chi connectivity index (χ3v) is 8.51. The van der Waals surface area contributed by atoms with Gasteiger partial charge >= 0.3 is 5.97 Å². The SMILES string of the molecule is C=C/C(=C\C=C(/CC)NC(=O)c1c(Cl)cccc1Cl)CC(NC(=S)C1(CCCSC)CCC1)C(=O)OC. The zero-order valence-electron chi connectivity index (χ0n) is 21.7. The van der Waals surface area contributed by atoms with Crippen LogP contribution in [0.25, 0.3) is 0 Å². The Hall–Kier alpha value is -1.80. The molecule has 1 aromatic rings. The summed E-state index contributed by atoms with van der Waals surface area (Å²) in [6.07, 6.45) is 13.7. The summed E-state index contributed by atoms with van der Waals surface area (Å²) in [4.78, 5) is 26.2. The summed E-state index contributed by atoms with van der Waals surface area (Å²) < 4.78 is 5.07. The second kappa shape index (κ2) is 15.6. The number of nitrogens with one attached hydrogen (secondary N) is 2. The molecule has 0 aliphatic heterocycles. The standard InChI is InChI=1S/C28H36Cl2N2O3S2/c1-5-19(12-13-20(6-2)31-25(33)24-21(29)10-7-11-22(24)30)18-23(26(34)35-3)32-27(36)28(14-8-15-28)16-9-17-37-4/h5,7,10-13,23H,1,6,8-9,14-18H2,2-4H3,(H,31,33)(H,32,36)/b19-12+,20-13+. The van der Waals surface area contributed by atoms with Crippen LogP contribution in [0.4, 0.5) is 0 Å². The van der Waals surface area contributed by atoms with Gasteiger partial charge in [0.2, 0.25) is 0 Å². The zero-order valence-corrected chi connectivity index (χ0v) is 24.8. The van der Waals surface area contributed by atoms with Gasteiger partial charge in [0.15, 0.2) is 0 Å². The van der Waals surface area contributed by atoms with E-state index in [0.717, 1.165) is 48.4 Å². The molecule has 5 nitrogen and oxygen atoms in total. The van der Waals surface area contributed by atoms with E-state index < -0.39 is 6.04 Å². The molecule has 2 N–H and O–H groups in total. The van der Waals surface area contributed by atoms with E-state index in [1.165, 1.54) is 7.11 Å². The summed E-state index contributed by atoms with van der Waals surface area (Å²) in [5.74, 6) is 0.332. The second-order valence-corrected chi connectivity index (χ2v) is 11.2. The molecule has 1 aliphatic carbocycles. The maximum Gasteiger partial charge on any atom is 0.328 e. The first-order valence-corrected chi connectivity index (χ1v) is 14.9. The number of hydrogen-bond donors (Lipinski definition) is 2. The Labute approximate surface area is 240 Å². The van der Waals surface area contributed by atoms with Gasteiger partial charge in [-0.1, -0.05) is 73.6 Å². The minimum atomic E-state index is -0.630. The van der Waals surface area contributed by atoms with Gasteiger partial charge in [-0.3, -0.25) is 4.79 Å². The average molecular weight is 584 g/mol. The van der Waals surface area contributed by atoms with E-state index in [9.17, 15) is 9.59 Å². The first-order valence-electron chi connectivity index (χ1n) is 12.4. The Morgan fingerprint density at radius 2 is 1.95 bits per heavy atom. The molecule has 0 saturated heterocycles. The monoisotopic (exact) mass is 582 g/mol. The molecule has 202 valence electrons. The summed E-state index contributed by atoms with van der Waals surface area (Å²) in [6.45, 7) is 5.83. The first-order chi connectivity index (χ1) is 17.7. The highest BCUT2D eigenvalue weighted by atomic mass is 35.5. The fourth-order valence-electron chi connectivity index (χ4n) is 4.23. The van der Waals surface area contributed by atoms with Crippen LogP contribution in [-0.4, -0.2) is 42.0 Å². The molecule has 0 aromatic heterocycles. The average Bonchev–Trinajstić information content (AvgIpc) is 2.85. The molecule has 1 atom stereocenters. The quantitative estimate of drug-likeness (QED) is 0.104. The van der Waals surface area contributed by atoms with Crippen LogP contribution in [0.3, 0.4) is 0 Å². The van der Waals surface area contributed by atoms with E-state index in [1.807, 2.05) is 24.8 Å². The molecule has 9 heteroatoms. The van der Waals surface area contributed by atoms with E-state index in [-0.39, 0.29) is 32.9 Å². The minimum absolute atomic E-state index is 0.0328. The molecule has 1 saturated carbocycles. The fraction of sp³-hybridized carbons (Fsp3) is 0.464. The molecule has 1 fully saturated rings. The van der Waals surface area contributed by atoms with Crippen LogP contribution in [0.5, 0.6) is 0 Å². The topological polar surface area (TPSA) is 67.4 Å². The van der Waals surface area contributed by atoms with Crippen LogP contribution in [0.15, 0.2) is 54.3 Å². The molecular formula is C28H36Cl2N2O3S2. The lowest BCUT2D eigenvalue weighted by Crippen LogP contribution is -2.50. The summed E-state index contributed by atoms with van der Waals surface area (Å²) in [6, 6.07) is 4.29. The highest BCUT2D eigenvalue weighted by Crippen LogP contribution is 2.46. The molecule has 0 bridgehead atoms. The number of thiocarbonyl (C=S) groups is 1. The van der Waals surface area contributed by atoms with Crippen molar-refractivity contribution in [1.82, 2.24) is 10.6 Å². The smallest absolute Gasteiger partial charge is 0.328 e. The number of rotatable bonds is 14. The molecule has 1 unspecified atom stereocenters. The van der Waals surface area contributed by atoms with E-state index in [1.54, 1.807) is 30.4 Å². The number of thioether (sulfide) groups is 1. The fourth-order valence-corrected chi connectivity index (χ4v) is 5.68. The van der Waals surface area contributed by atoms with Gasteiger partial charge in [-0.25, -0.2) is 4.79 Å². The number of hydrogen-bond acceptors (Lipinski definition) is 5. The van der Waals surface area contributed by atoms with Crippen molar-refractivity contribution < 1.29 is 14.3 Å². The molecule has 0 heterocycles. The van der Waals surface area contributed by atoms with Gasteiger partial charge < -0.3 is 15.4 Å². The van der Waals surface area contributed by atoms with Gasteiger partial charge in [0, 0.05) is 17.5 Å². The molecule has 1 aliphatic rings. The van der Waals surface area contributed by atoms with Crippen molar-refractivity contribution in [2.45, 2.75) is 57.9 Å². The van der Waals surface area contributed by atoms with Crippen molar-refractivity contribution in [3.05, 3.63) is 69.9 Å². The Balaban J connectivity index is 2.16. The number of carbonyl (C=O) groups is 2. The summed E-state index contributed by atoms with van der Waals surface area (Å²) in [7, 11) is 1.37. The van der Waals surface area contributed by atoms with Gasteiger partial charge in [-0.2, -0.15) is 11.8 Å². The number of allylic oxidation sites excluding steroid dienone is 4. The van der Waals surface area contributed by atoms with Crippen LogP contribution < -0.4 is 10.6 Å². The number of halogens is 2. The maximum atomic E-state index is 12.8. The van der Waals surface area contributed by atoms with Crippen LogP contribution in [0.2, 0.25) is 10.0 Å². The third kappa shape index (κ3) is 8.88. The molecule has 1 aromatic carbocycles. The Bertz CT molecular complexity index is 1030. The predicted molar refractivity (Wildman–Crippen MR) is 161 cm³/mol. The Morgan fingerprint density at radius 3 is 2.46 bits per heavy atom. The van der Waals surface area contributed by atoms with Crippen molar-refractivity contribution >= 4 is 64.0 Å². The van der Waals surface area contributed by atoms with Crippen LogP contribution >= 0.6 is 47.2 Å². The molecule has 2 rings (SSSR count). The van der Waals surface area contributed by atoms with Crippen molar-refractivity contribution in [3.8, 4) is 0 Å². The van der Waals surface area contributed by atoms with Crippen molar-refractivity contribution in [3.63, 3.8) is 0 Å². The summed E-state index contributed by atoms with van der Waals surface area (Å²) in [5.41, 5.74) is 1.66. The minimum Gasteiger partial charge on any atom is -0.467 e. The molecular weight excluding hydrogens is 547 g/mol. The van der Waals surface area contributed by atoms with Crippen LogP contribution in [0, 0.1) is 5.41 Å². The van der Waals surface area contributed by atoms with Crippen LogP contribution in [-0.2, 0) is 9.53 Å². The highest BCUT2D eigenvalue weighted by molar-refractivity contribution is 7.98. The normalized spacial score (nSPS) is 15.8. The van der Waals surface area contributed by atoms with E-state index in [2.05, 4.69) is 23.5 Å². The zero-order chi connectivity index (χ0) is 27.4. The Morgan fingerprint density at radius 1 is 1.27 bits per heavy atom. The van der Waals surface area contributed by atoms with Gasteiger partial charge in [-0.15, -0.1) is 0 Å².